The van der Waals surface area contributed by atoms with Crippen LogP contribution in [-0.2, 0) is 6.54 Å². The van der Waals surface area contributed by atoms with Gasteiger partial charge in [0, 0.05) is 24.7 Å². The minimum atomic E-state index is -0.361. The Morgan fingerprint density at radius 3 is 2.38 bits per heavy atom. The lowest BCUT2D eigenvalue weighted by Crippen LogP contribution is -2.38. The monoisotopic (exact) mass is 393 g/mol. The van der Waals surface area contributed by atoms with E-state index in [1.807, 2.05) is 30.3 Å². The van der Waals surface area contributed by atoms with Crippen LogP contribution >= 0.6 is 0 Å². The summed E-state index contributed by atoms with van der Waals surface area (Å²) in [7, 11) is 0. The first-order chi connectivity index (χ1) is 13.9. The minimum Gasteiger partial charge on any atom is -0.351 e. The van der Waals surface area contributed by atoms with Gasteiger partial charge in [0.15, 0.2) is 0 Å². The molecule has 6 nitrogen and oxygen atoms in total. The molecule has 2 aromatic rings. The van der Waals surface area contributed by atoms with Gasteiger partial charge >= 0.3 is 0 Å². The van der Waals surface area contributed by atoms with Crippen LogP contribution in [0.2, 0.25) is 0 Å². The molecule has 0 unspecified atom stereocenters. The number of nitrogens with zero attached hydrogens (tertiary/aromatic N) is 2. The number of imide groups is 1. The third kappa shape index (κ3) is 4.54. The number of carbonyl (C=O) groups is 3. The molecule has 1 N–H and O–H groups in total. The number of carbonyl (C=O) groups excluding carboxylic acids is 3. The highest BCUT2D eigenvalue weighted by Gasteiger charge is 2.35. The van der Waals surface area contributed by atoms with Gasteiger partial charge in [0.05, 0.1) is 17.7 Å². The second-order valence-electron chi connectivity index (χ2n) is 7.42. The molecule has 0 bridgehead atoms. The Balaban J connectivity index is 1.68. The van der Waals surface area contributed by atoms with Crippen LogP contribution < -0.4 is 5.32 Å². The molecule has 0 aliphatic carbocycles. The van der Waals surface area contributed by atoms with Crippen molar-refractivity contribution in [3.63, 3.8) is 0 Å². The van der Waals surface area contributed by atoms with Gasteiger partial charge in [-0.25, -0.2) is 0 Å². The number of amides is 3. The van der Waals surface area contributed by atoms with E-state index in [-0.39, 0.29) is 29.8 Å². The highest BCUT2D eigenvalue weighted by atomic mass is 16.2. The molecule has 152 valence electrons. The largest absolute Gasteiger partial charge is 0.351 e. The van der Waals surface area contributed by atoms with E-state index in [2.05, 4.69) is 31.0 Å². The minimum absolute atomic E-state index is 0.219. The van der Waals surface area contributed by atoms with Gasteiger partial charge in [0.25, 0.3) is 17.7 Å². The van der Waals surface area contributed by atoms with E-state index in [1.54, 1.807) is 12.1 Å². The highest BCUT2D eigenvalue weighted by molar-refractivity contribution is 6.22. The average molecular weight is 393 g/mol. The molecule has 6 heteroatoms. The van der Waals surface area contributed by atoms with Crippen molar-refractivity contribution in [3.05, 3.63) is 70.8 Å². The Hall–Kier alpha value is -2.99. The molecule has 0 radical (unpaired) electrons. The normalized spacial score (nSPS) is 13.3. The van der Waals surface area contributed by atoms with Gasteiger partial charge in [-0.15, -0.1) is 0 Å². The van der Waals surface area contributed by atoms with Crippen molar-refractivity contribution >= 4 is 17.7 Å². The highest BCUT2D eigenvalue weighted by Crippen LogP contribution is 2.25. The van der Waals surface area contributed by atoms with Gasteiger partial charge < -0.3 is 5.32 Å². The number of benzene rings is 2. The number of likely N-dealkylation sites (N-methyl/N-ethyl adjacent to an activating group) is 1. The fourth-order valence-corrected chi connectivity index (χ4v) is 3.54. The number of hydrogen-bond acceptors (Lipinski definition) is 4. The van der Waals surface area contributed by atoms with Crippen LogP contribution in [-0.4, -0.2) is 53.2 Å². The summed E-state index contributed by atoms with van der Waals surface area (Å²) in [6, 6.07) is 14.5. The van der Waals surface area contributed by atoms with E-state index in [1.165, 1.54) is 11.0 Å². The second kappa shape index (κ2) is 9.01. The molecule has 1 heterocycles. The van der Waals surface area contributed by atoms with Gasteiger partial charge in [-0.2, -0.15) is 0 Å². The Bertz CT molecular complexity index is 909. The number of fused-ring (bicyclic) bond motifs is 1. The Morgan fingerprint density at radius 1 is 1.03 bits per heavy atom. The number of hydrogen-bond donors (Lipinski definition) is 1. The van der Waals surface area contributed by atoms with Crippen LogP contribution in [0.5, 0.6) is 0 Å². The van der Waals surface area contributed by atoms with Crippen molar-refractivity contribution in [1.29, 1.82) is 0 Å². The third-order valence-electron chi connectivity index (χ3n) is 5.24. The van der Waals surface area contributed by atoms with E-state index >= 15 is 0 Å². The maximum absolute atomic E-state index is 12.8. The van der Waals surface area contributed by atoms with Gasteiger partial charge in [-0.05, 0) is 44.2 Å². The van der Waals surface area contributed by atoms with Crippen LogP contribution in [0.4, 0.5) is 0 Å². The van der Waals surface area contributed by atoms with Crippen LogP contribution in [0.1, 0.15) is 57.4 Å². The molecule has 0 saturated carbocycles. The van der Waals surface area contributed by atoms with E-state index in [0.717, 1.165) is 18.7 Å². The van der Waals surface area contributed by atoms with E-state index < -0.39 is 0 Å². The summed E-state index contributed by atoms with van der Waals surface area (Å²) in [5.74, 6) is -0.925. The lowest BCUT2D eigenvalue weighted by Gasteiger charge is -2.24. The van der Waals surface area contributed by atoms with Crippen molar-refractivity contribution in [2.75, 3.05) is 19.6 Å². The van der Waals surface area contributed by atoms with E-state index in [0.29, 0.717) is 23.7 Å². The maximum Gasteiger partial charge on any atom is 0.261 e. The summed E-state index contributed by atoms with van der Waals surface area (Å²) >= 11 is 0. The predicted octanol–water partition coefficient (Wildman–Crippen LogP) is 2.94. The molecular weight excluding hydrogens is 366 g/mol. The van der Waals surface area contributed by atoms with Gasteiger partial charge in [-0.1, -0.05) is 37.3 Å². The molecule has 3 amide bonds. The molecule has 0 saturated heterocycles. The number of rotatable bonds is 8. The maximum atomic E-state index is 12.8. The average Bonchev–Trinajstić information content (AvgIpc) is 2.96. The van der Waals surface area contributed by atoms with Crippen LogP contribution in [0, 0.1) is 0 Å². The number of nitrogens with one attached hydrogen (secondary N) is 1. The van der Waals surface area contributed by atoms with Crippen molar-refractivity contribution in [1.82, 2.24) is 15.1 Å². The molecule has 0 atom stereocenters. The van der Waals surface area contributed by atoms with Crippen molar-refractivity contribution in [2.24, 2.45) is 0 Å². The first-order valence-electron chi connectivity index (χ1n) is 9.98. The van der Waals surface area contributed by atoms with Crippen molar-refractivity contribution in [3.8, 4) is 0 Å². The molecule has 1 aliphatic rings. The summed E-state index contributed by atoms with van der Waals surface area (Å²) in [4.78, 5) is 41.4. The van der Waals surface area contributed by atoms with Crippen molar-refractivity contribution < 1.29 is 14.4 Å². The summed E-state index contributed by atoms with van der Waals surface area (Å²) in [5.41, 5.74) is 1.90. The fourth-order valence-electron chi connectivity index (χ4n) is 3.54. The molecule has 29 heavy (non-hydrogen) atoms. The van der Waals surface area contributed by atoms with Gasteiger partial charge in [0.1, 0.15) is 0 Å². The summed E-state index contributed by atoms with van der Waals surface area (Å²) < 4.78 is 0. The zero-order valence-corrected chi connectivity index (χ0v) is 17.1. The summed E-state index contributed by atoms with van der Waals surface area (Å²) in [6.45, 7) is 8.75. The fraction of sp³-hybridized carbons (Fsp3) is 0.348. The zero-order chi connectivity index (χ0) is 21.0. The molecule has 0 aromatic heterocycles. The standard InChI is InChI=1S/C23H27N3O3/c1-4-25(16(2)3)13-12-24-21(27)18-10-11-19-20(14-18)23(29)26(22(19)28)15-17-8-6-5-7-9-17/h5-11,14,16H,4,12-13,15H2,1-3H3,(H,24,27). The lowest BCUT2D eigenvalue weighted by atomic mass is 10.1. The Kier molecular flexibility index (Phi) is 6.44. The van der Waals surface area contributed by atoms with Crippen LogP contribution in [0.3, 0.4) is 0 Å². The summed E-state index contributed by atoms with van der Waals surface area (Å²) in [6.07, 6.45) is 0. The van der Waals surface area contributed by atoms with E-state index in [9.17, 15) is 14.4 Å². The van der Waals surface area contributed by atoms with Crippen LogP contribution in [0.25, 0.3) is 0 Å². The molecular formula is C23H27N3O3. The Labute approximate surface area is 171 Å². The predicted molar refractivity (Wildman–Crippen MR) is 112 cm³/mol. The topological polar surface area (TPSA) is 69.7 Å². The van der Waals surface area contributed by atoms with Gasteiger partial charge in [-0.3, -0.25) is 24.2 Å². The first-order valence-corrected chi connectivity index (χ1v) is 9.98. The van der Waals surface area contributed by atoms with Gasteiger partial charge in [0.2, 0.25) is 0 Å². The molecule has 3 rings (SSSR count). The molecule has 0 spiro atoms. The molecule has 0 fully saturated rings. The Morgan fingerprint density at radius 2 is 1.72 bits per heavy atom. The third-order valence-corrected chi connectivity index (χ3v) is 5.24. The molecule has 1 aliphatic heterocycles. The first kappa shape index (κ1) is 20.7. The quantitative estimate of drug-likeness (QED) is 0.700. The van der Waals surface area contributed by atoms with E-state index in [4.69, 9.17) is 0 Å². The van der Waals surface area contributed by atoms with Crippen LogP contribution in [0.15, 0.2) is 48.5 Å². The SMILES string of the molecule is CCN(CCNC(=O)c1ccc2c(c1)C(=O)N(Cc1ccccc1)C2=O)C(C)C. The summed E-state index contributed by atoms with van der Waals surface area (Å²) in [5, 5.41) is 2.90. The lowest BCUT2D eigenvalue weighted by molar-refractivity contribution is 0.0642. The zero-order valence-electron chi connectivity index (χ0n) is 17.1. The molecule has 2 aromatic carbocycles. The second-order valence-corrected chi connectivity index (χ2v) is 7.42. The smallest absolute Gasteiger partial charge is 0.261 e. The van der Waals surface area contributed by atoms with Crippen molar-refractivity contribution in [2.45, 2.75) is 33.4 Å².